The molecule has 1 saturated heterocycles. The lowest BCUT2D eigenvalue weighted by molar-refractivity contribution is 0.260. The third-order valence-electron chi connectivity index (χ3n) is 5.80. The Hall–Kier alpha value is -3.11. The van der Waals surface area contributed by atoms with Crippen LogP contribution in [0.3, 0.4) is 0 Å². The van der Waals surface area contributed by atoms with Crippen molar-refractivity contribution in [2.45, 2.75) is 6.42 Å². The summed E-state index contributed by atoms with van der Waals surface area (Å²) in [5.41, 5.74) is 3.69. The van der Waals surface area contributed by atoms with E-state index in [1.807, 2.05) is 6.07 Å². The second-order valence-corrected chi connectivity index (χ2v) is 7.65. The van der Waals surface area contributed by atoms with Gasteiger partial charge in [0.1, 0.15) is 0 Å². The highest BCUT2D eigenvalue weighted by Gasteiger charge is 2.22. The van der Waals surface area contributed by atoms with Crippen LogP contribution in [0.4, 0.5) is 5.82 Å². The molecule has 0 aliphatic carbocycles. The van der Waals surface area contributed by atoms with E-state index in [0.29, 0.717) is 0 Å². The second kappa shape index (κ2) is 8.10. The molecule has 1 aliphatic heterocycles. The van der Waals surface area contributed by atoms with Gasteiger partial charge in [-0.05, 0) is 36.2 Å². The van der Waals surface area contributed by atoms with Crippen LogP contribution in [0.5, 0.6) is 0 Å². The smallest absolute Gasteiger partial charge is 0.159 e. The first-order valence-electron chi connectivity index (χ1n) is 10.4. The zero-order valence-electron chi connectivity index (χ0n) is 16.6. The van der Waals surface area contributed by atoms with Gasteiger partial charge in [0.05, 0.1) is 11.2 Å². The summed E-state index contributed by atoms with van der Waals surface area (Å²) in [5.74, 6) is 1.10. The molecule has 0 spiro atoms. The molecule has 0 saturated carbocycles. The highest BCUT2D eigenvalue weighted by atomic mass is 15.4. The molecule has 0 N–H and O–H groups in total. The van der Waals surface area contributed by atoms with Gasteiger partial charge in [0.15, 0.2) is 5.82 Å². The van der Waals surface area contributed by atoms with Gasteiger partial charge >= 0.3 is 0 Å². The normalized spacial score (nSPS) is 15.1. The van der Waals surface area contributed by atoms with Crippen LogP contribution >= 0.6 is 0 Å². The molecule has 0 radical (unpaired) electrons. The van der Waals surface area contributed by atoms with Crippen molar-refractivity contribution in [2.24, 2.45) is 0 Å². The Morgan fingerprint density at radius 1 is 0.690 bits per heavy atom. The molecule has 0 bridgehead atoms. The number of hydrogen-bond donors (Lipinski definition) is 0. The van der Waals surface area contributed by atoms with Crippen LogP contribution in [0.15, 0.2) is 84.9 Å². The monoisotopic (exact) mass is 382 g/mol. The van der Waals surface area contributed by atoms with Crippen molar-refractivity contribution in [3.63, 3.8) is 0 Å². The average molecular weight is 383 g/mol. The Bertz CT molecular complexity index is 1060. The van der Waals surface area contributed by atoms with Gasteiger partial charge in [-0.15, -0.1) is 5.10 Å². The number of anilines is 1. The second-order valence-electron chi connectivity index (χ2n) is 7.65. The van der Waals surface area contributed by atoms with E-state index < -0.39 is 0 Å². The van der Waals surface area contributed by atoms with Gasteiger partial charge in [-0.2, -0.15) is 0 Å². The summed E-state index contributed by atoms with van der Waals surface area (Å²) in [6.45, 7) is 5.32. The van der Waals surface area contributed by atoms with Crippen LogP contribution in [-0.4, -0.2) is 47.4 Å². The maximum Gasteiger partial charge on any atom is 0.159 e. The zero-order chi connectivity index (χ0) is 19.5. The van der Waals surface area contributed by atoms with Crippen LogP contribution in [0.1, 0.15) is 5.56 Å². The first-order valence-corrected chi connectivity index (χ1v) is 10.4. The summed E-state index contributed by atoms with van der Waals surface area (Å²) in [5, 5.41) is 6.26. The summed E-state index contributed by atoms with van der Waals surface area (Å²) in [6.07, 6.45) is 1.12. The molecule has 0 unspecified atom stereocenters. The Kier molecular flexibility index (Phi) is 5.01. The standard InChI is InChI=1S/C25H26N4/c1-3-9-21(10-4-1)15-16-27-17-19-28(20-18-27)25-23-13-7-8-14-24(23)29(26-25)22-11-5-2-6-12-22/h1-14H,15-20H2. The molecule has 0 amide bonds. The van der Waals surface area contributed by atoms with E-state index in [1.165, 1.54) is 16.5 Å². The molecule has 4 heteroatoms. The molecule has 2 heterocycles. The molecule has 29 heavy (non-hydrogen) atoms. The van der Waals surface area contributed by atoms with Crippen LogP contribution < -0.4 is 4.90 Å². The van der Waals surface area contributed by atoms with Crippen molar-refractivity contribution < 1.29 is 0 Å². The maximum atomic E-state index is 5.03. The minimum atomic E-state index is 1.02. The number of benzene rings is 3. The minimum Gasteiger partial charge on any atom is -0.352 e. The molecular weight excluding hydrogens is 356 g/mol. The van der Waals surface area contributed by atoms with Crippen LogP contribution in [-0.2, 0) is 6.42 Å². The highest BCUT2D eigenvalue weighted by molar-refractivity contribution is 5.91. The highest BCUT2D eigenvalue weighted by Crippen LogP contribution is 2.29. The van der Waals surface area contributed by atoms with Crippen LogP contribution in [0, 0.1) is 0 Å². The lowest BCUT2D eigenvalue weighted by Gasteiger charge is -2.35. The van der Waals surface area contributed by atoms with Crippen molar-refractivity contribution in [1.82, 2.24) is 14.7 Å². The fourth-order valence-electron chi connectivity index (χ4n) is 4.16. The number of rotatable bonds is 5. The third kappa shape index (κ3) is 3.76. The van der Waals surface area contributed by atoms with Crippen molar-refractivity contribution in [3.05, 3.63) is 90.5 Å². The first kappa shape index (κ1) is 18.0. The van der Waals surface area contributed by atoms with Crippen molar-refractivity contribution in [1.29, 1.82) is 0 Å². The van der Waals surface area contributed by atoms with Gasteiger partial charge < -0.3 is 4.90 Å². The van der Waals surface area contributed by atoms with Crippen LogP contribution in [0.25, 0.3) is 16.6 Å². The number of aromatic nitrogens is 2. The minimum absolute atomic E-state index is 1.02. The molecule has 146 valence electrons. The SMILES string of the molecule is c1ccc(CCN2CCN(c3nn(-c4ccccc4)c4ccccc34)CC2)cc1. The summed E-state index contributed by atoms with van der Waals surface area (Å²) < 4.78 is 2.08. The largest absolute Gasteiger partial charge is 0.352 e. The zero-order valence-corrected chi connectivity index (χ0v) is 16.6. The number of fused-ring (bicyclic) bond motifs is 1. The van der Waals surface area contributed by atoms with Crippen molar-refractivity contribution in [2.75, 3.05) is 37.6 Å². The van der Waals surface area contributed by atoms with Gasteiger partial charge in [-0.25, -0.2) is 4.68 Å². The summed E-state index contributed by atoms with van der Waals surface area (Å²) in [7, 11) is 0. The maximum absolute atomic E-state index is 5.03. The fourth-order valence-corrected chi connectivity index (χ4v) is 4.16. The lowest BCUT2D eigenvalue weighted by Crippen LogP contribution is -2.47. The Morgan fingerprint density at radius 2 is 1.34 bits per heavy atom. The van der Waals surface area contributed by atoms with Gasteiger partial charge in [-0.3, -0.25) is 4.90 Å². The lowest BCUT2D eigenvalue weighted by atomic mass is 10.1. The van der Waals surface area contributed by atoms with Crippen LogP contribution in [0.2, 0.25) is 0 Å². The number of hydrogen-bond acceptors (Lipinski definition) is 3. The summed E-state index contributed by atoms with van der Waals surface area (Å²) >= 11 is 0. The van der Waals surface area contributed by atoms with E-state index in [4.69, 9.17) is 5.10 Å². The molecular formula is C25H26N4. The molecule has 4 aromatic rings. The first-order chi connectivity index (χ1) is 14.4. The topological polar surface area (TPSA) is 24.3 Å². The third-order valence-corrected chi connectivity index (χ3v) is 5.80. The Labute approximate surface area is 172 Å². The van der Waals surface area contributed by atoms with E-state index in [1.54, 1.807) is 0 Å². The molecule has 1 aliphatic rings. The summed E-state index contributed by atoms with van der Waals surface area (Å²) in [4.78, 5) is 5.01. The van der Waals surface area contributed by atoms with Crippen molar-refractivity contribution >= 4 is 16.7 Å². The quantitative estimate of drug-likeness (QED) is 0.512. The molecule has 5 rings (SSSR count). The predicted octanol–water partition coefficient (Wildman–Crippen LogP) is 4.39. The van der Waals surface area contributed by atoms with E-state index in [9.17, 15) is 0 Å². The number of para-hydroxylation sites is 2. The van der Waals surface area contributed by atoms with E-state index in [0.717, 1.165) is 50.6 Å². The molecule has 4 nitrogen and oxygen atoms in total. The van der Waals surface area contributed by atoms with E-state index >= 15 is 0 Å². The van der Waals surface area contributed by atoms with E-state index in [2.05, 4.69) is 93.3 Å². The fraction of sp³-hybridized carbons (Fsp3) is 0.240. The Morgan fingerprint density at radius 3 is 2.10 bits per heavy atom. The predicted molar refractivity (Wildman–Crippen MR) is 120 cm³/mol. The van der Waals surface area contributed by atoms with Gasteiger partial charge in [0.25, 0.3) is 0 Å². The molecule has 1 aromatic heterocycles. The van der Waals surface area contributed by atoms with Crippen molar-refractivity contribution in [3.8, 4) is 5.69 Å². The van der Waals surface area contributed by atoms with Gasteiger partial charge in [-0.1, -0.05) is 60.7 Å². The molecule has 3 aromatic carbocycles. The van der Waals surface area contributed by atoms with E-state index in [-0.39, 0.29) is 0 Å². The number of piperazine rings is 1. The van der Waals surface area contributed by atoms with Gasteiger partial charge in [0.2, 0.25) is 0 Å². The Balaban J connectivity index is 1.32. The van der Waals surface area contributed by atoms with Gasteiger partial charge in [0, 0.05) is 38.1 Å². The number of nitrogens with zero attached hydrogens (tertiary/aromatic N) is 4. The summed E-state index contributed by atoms with van der Waals surface area (Å²) in [6, 6.07) is 29.7. The molecule has 0 atom stereocenters. The average Bonchev–Trinajstić information content (AvgIpc) is 3.19. The molecule has 1 fully saturated rings.